The number of fused-ring (bicyclic) bond motifs is 1. The van der Waals surface area contributed by atoms with Gasteiger partial charge in [0.2, 0.25) is 5.95 Å². The molecule has 3 heterocycles. The molecule has 1 fully saturated rings. The Hall–Kier alpha value is -3.91. The lowest BCUT2D eigenvalue weighted by Gasteiger charge is -2.35. The minimum Gasteiger partial charge on any atom is -0.495 e. The minimum absolute atomic E-state index is 0.276. The number of nitrogens with one attached hydrogen (secondary N) is 1. The van der Waals surface area contributed by atoms with E-state index < -0.39 is 0 Å². The highest BCUT2D eigenvalue weighted by molar-refractivity contribution is 6.31. The van der Waals surface area contributed by atoms with Crippen molar-refractivity contribution in [3.63, 3.8) is 0 Å². The number of piperazine rings is 1. The first-order valence-electron chi connectivity index (χ1n) is 10.9. The van der Waals surface area contributed by atoms with Gasteiger partial charge < -0.3 is 19.9 Å². The summed E-state index contributed by atoms with van der Waals surface area (Å²) < 4.78 is 5.36. The fourth-order valence-electron chi connectivity index (χ4n) is 4.15. The number of hydrogen-bond donors (Lipinski definition) is 1. The fourth-order valence-corrected chi connectivity index (χ4v) is 4.32. The first-order chi connectivity index (χ1) is 16.6. The Bertz CT molecular complexity index is 1330. The van der Waals surface area contributed by atoms with E-state index in [0.717, 1.165) is 48.7 Å². The van der Waals surface area contributed by atoms with E-state index in [4.69, 9.17) is 21.3 Å². The van der Waals surface area contributed by atoms with Gasteiger partial charge in [-0.25, -0.2) is 15.0 Å². The number of halogens is 1. The van der Waals surface area contributed by atoms with Gasteiger partial charge in [0, 0.05) is 55.2 Å². The van der Waals surface area contributed by atoms with Gasteiger partial charge in [0.1, 0.15) is 11.6 Å². The van der Waals surface area contributed by atoms with Gasteiger partial charge >= 0.3 is 0 Å². The average molecular weight is 475 g/mol. The fraction of sp³-hybridized carbons (Fsp3) is 0.200. The summed E-state index contributed by atoms with van der Waals surface area (Å²) >= 11 is 6.12. The molecule has 1 aliphatic rings. The van der Waals surface area contributed by atoms with Crippen molar-refractivity contribution < 1.29 is 9.53 Å². The summed E-state index contributed by atoms with van der Waals surface area (Å²) in [7, 11) is 1.55. The van der Waals surface area contributed by atoms with Crippen LogP contribution >= 0.6 is 11.6 Å². The first kappa shape index (κ1) is 21.9. The standard InChI is InChI=1S/C25H23ClN6O2/c1-34-22-8-7-17(26)15-21(22)30-24(33)20-16-29-23(19-6-3-2-5-18(19)20)31-11-13-32(14-12-31)25-27-9-4-10-28-25/h2-10,15-16H,11-14H2,1H3,(H,30,33). The summed E-state index contributed by atoms with van der Waals surface area (Å²) in [6.07, 6.45) is 5.15. The van der Waals surface area contributed by atoms with Crippen molar-refractivity contribution in [2.45, 2.75) is 0 Å². The third kappa shape index (κ3) is 4.32. The second-order valence-corrected chi connectivity index (χ2v) is 8.30. The molecule has 0 unspecified atom stereocenters. The molecule has 1 N–H and O–H groups in total. The van der Waals surface area contributed by atoms with Crippen LogP contribution in [0.5, 0.6) is 5.75 Å². The van der Waals surface area contributed by atoms with E-state index in [1.165, 1.54) is 0 Å². The van der Waals surface area contributed by atoms with Crippen LogP contribution < -0.4 is 19.9 Å². The second-order valence-electron chi connectivity index (χ2n) is 7.86. The molecular weight excluding hydrogens is 452 g/mol. The van der Waals surface area contributed by atoms with Crippen LogP contribution in [0.15, 0.2) is 67.1 Å². The summed E-state index contributed by atoms with van der Waals surface area (Å²) in [5, 5.41) is 5.18. The van der Waals surface area contributed by atoms with Gasteiger partial charge in [-0.3, -0.25) is 4.79 Å². The van der Waals surface area contributed by atoms with E-state index in [9.17, 15) is 4.79 Å². The van der Waals surface area contributed by atoms with E-state index in [1.807, 2.05) is 30.3 Å². The number of nitrogens with zero attached hydrogens (tertiary/aromatic N) is 5. The van der Waals surface area contributed by atoms with Crippen molar-refractivity contribution in [2.75, 3.05) is 48.4 Å². The number of rotatable bonds is 5. The lowest BCUT2D eigenvalue weighted by Crippen LogP contribution is -2.47. The molecule has 5 rings (SSSR count). The molecule has 0 spiro atoms. The predicted octanol–water partition coefficient (Wildman–Crippen LogP) is 4.27. The zero-order chi connectivity index (χ0) is 23.5. The number of hydrogen-bond acceptors (Lipinski definition) is 7. The van der Waals surface area contributed by atoms with Crippen LogP contribution in [-0.4, -0.2) is 54.1 Å². The third-order valence-corrected chi connectivity index (χ3v) is 6.08. The summed E-state index contributed by atoms with van der Waals surface area (Å²) in [6.45, 7) is 3.13. The van der Waals surface area contributed by atoms with Crippen LogP contribution in [0.4, 0.5) is 17.5 Å². The Morgan fingerprint density at radius 2 is 1.65 bits per heavy atom. The lowest BCUT2D eigenvalue weighted by molar-refractivity contribution is 0.102. The number of pyridine rings is 1. The Labute approximate surface area is 202 Å². The van der Waals surface area contributed by atoms with Gasteiger partial charge in [-0.15, -0.1) is 0 Å². The van der Waals surface area contributed by atoms with Crippen LogP contribution in [0.2, 0.25) is 5.02 Å². The molecule has 8 nitrogen and oxygen atoms in total. The lowest BCUT2D eigenvalue weighted by atomic mass is 10.1. The number of carbonyl (C=O) groups is 1. The average Bonchev–Trinajstić information content (AvgIpc) is 2.89. The molecule has 0 aliphatic carbocycles. The molecule has 1 amide bonds. The minimum atomic E-state index is -0.276. The van der Waals surface area contributed by atoms with Gasteiger partial charge in [0.15, 0.2) is 0 Å². The van der Waals surface area contributed by atoms with Gasteiger partial charge in [-0.2, -0.15) is 0 Å². The van der Waals surface area contributed by atoms with Crippen LogP contribution in [0.3, 0.4) is 0 Å². The van der Waals surface area contributed by atoms with Crippen LogP contribution in [-0.2, 0) is 0 Å². The largest absolute Gasteiger partial charge is 0.495 e. The molecular formula is C25H23ClN6O2. The van der Waals surface area contributed by atoms with Crippen molar-refractivity contribution >= 4 is 45.7 Å². The highest BCUT2D eigenvalue weighted by Gasteiger charge is 2.23. The smallest absolute Gasteiger partial charge is 0.257 e. The Balaban J connectivity index is 1.41. The van der Waals surface area contributed by atoms with E-state index in [1.54, 1.807) is 43.9 Å². The SMILES string of the molecule is COc1ccc(Cl)cc1NC(=O)c1cnc(N2CCN(c3ncccn3)CC2)c2ccccc12. The second kappa shape index (κ2) is 9.52. The number of methoxy groups -OCH3 is 1. The predicted molar refractivity (Wildman–Crippen MR) is 134 cm³/mol. The summed E-state index contributed by atoms with van der Waals surface area (Å²) in [5.41, 5.74) is 0.991. The normalized spacial score (nSPS) is 13.7. The van der Waals surface area contributed by atoms with Crippen molar-refractivity contribution in [1.82, 2.24) is 15.0 Å². The van der Waals surface area contributed by atoms with Crippen molar-refractivity contribution in [3.05, 3.63) is 77.7 Å². The highest BCUT2D eigenvalue weighted by atomic mass is 35.5. The molecule has 2 aromatic carbocycles. The molecule has 172 valence electrons. The van der Waals surface area contributed by atoms with E-state index in [0.29, 0.717) is 22.0 Å². The Morgan fingerprint density at radius 3 is 2.38 bits per heavy atom. The topological polar surface area (TPSA) is 83.5 Å². The number of anilines is 3. The molecule has 34 heavy (non-hydrogen) atoms. The van der Waals surface area contributed by atoms with Gasteiger partial charge in [0.25, 0.3) is 5.91 Å². The summed E-state index contributed by atoms with van der Waals surface area (Å²) in [4.78, 5) is 31.0. The molecule has 0 atom stereocenters. The number of ether oxygens (including phenoxy) is 1. The van der Waals surface area contributed by atoms with Gasteiger partial charge in [0.05, 0.1) is 18.4 Å². The number of amides is 1. The van der Waals surface area contributed by atoms with E-state index in [-0.39, 0.29) is 5.91 Å². The van der Waals surface area contributed by atoms with Crippen LogP contribution in [0.1, 0.15) is 10.4 Å². The van der Waals surface area contributed by atoms with Gasteiger partial charge in [-0.05, 0) is 29.7 Å². The maximum absolute atomic E-state index is 13.2. The maximum atomic E-state index is 13.2. The quantitative estimate of drug-likeness (QED) is 0.462. The molecule has 0 radical (unpaired) electrons. The molecule has 1 saturated heterocycles. The Morgan fingerprint density at radius 1 is 0.941 bits per heavy atom. The highest BCUT2D eigenvalue weighted by Crippen LogP contribution is 2.31. The van der Waals surface area contributed by atoms with Crippen molar-refractivity contribution in [3.8, 4) is 5.75 Å². The van der Waals surface area contributed by atoms with E-state index in [2.05, 4.69) is 25.1 Å². The number of carbonyl (C=O) groups excluding carboxylic acids is 1. The molecule has 2 aromatic heterocycles. The first-order valence-corrected chi connectivity index (χ1v) is 11.3. The summed E-state index contributed by atoms with van der Waals surface area (Å²) in [5.74, 6) is 1.86. The zero-order valence-electron chi connectivity index (χ0n) is 18.6. The molecule has 1 aliphatic heterocycles. The number of aromatic nitrogens is 3. The van der Waals surface area contributed by atoms with Crippen molar-refractivity contribution in [1.29, 1.82) is 0 Å². The molecule has 9 heteroatoms. The van der Waals surface area contributed by atoms with E-state index >= 15 is 0 Å². The number of benzene rings is 2. The van der Waals surface area contributed by atoms with Gasteiger partial charge in [-0.1, -0.05) is 35.9 Å². The maximum Gasteiger partial charge on any atom is 0.257 e. The summed E-state index contributed by atoms with van der Waals surface area (Å²) in [6, 6.07) is 14.7. The molecule has 0 saturated carbocycles. The van der Waals surface area contributed by atoms with Crippen molar-refractivity contribution in [2.24, 2.45) is 0 Å². The van der Waals surface area contributed by atoms with Crippen LogP contribution in [0, 0.1) is 0 Å². The van der Waals surface area contributed by atoms with Crippen LogP contribution in [0.25, 0.3) is 10.8 Å². The molecule has 4 aromatic rings. The third-order valence-electron chi connectivity index (χ3n) is 5.84. The zero-order valence-corrected chi connectivity index (χ0v) is 19.4. The monoisotopic (exact) mass is 474 g/mol. The molecule has 0 bridgehead atoms. The Kier molecular flexibility index (Phi) is 6.14.